The summed E-state index contributed by atoms with van der Waals surface area (Å²) >= 11 is 0. The third-order valence-corrected chi connectivity index (χ3v) is 4.75. The third-order valence-electron chi connectivity index (χ3n) is 4.75. The molecule has 0 radical (unpaired) electrons. The van der Waals surface area contributed by atoms with E-state index in [1.165, 1.54) is 5.56 Å². The molecule has 2 aromatic rings. The van der Waals surface area contributed by atoms with Crippen molar-refractivity contribution >= 4 is 11.5 Å². The number of anilines is 1. The molecule has 1 aliphatic heterocycles. The number of nitrogens with zero attached hydrogens (tertiary/aromatic N) is 2. The Morgan fingerprint density at radius 1 is 1.14 bits per heavy atom. The van der Waals surface area contributed by atoms with Crippen molar-refractivity contribution in [2.75, 3.05) is 18.1 Å². The molecule has 2 unspecified atom stereocenters. The van der Waals surface area contributed by atoms with E-state index in [1.54, 1.807) is 0 Å². The molecule has 5 heteroatoms. The maximum absolute atomic E-state index is 9.43. The van der Waals surface area contributed by atoms with Crippen LogP contribution in [0.25, 0.3) is 0 Å². The number of rotatable bonds is 7. The lowest BCUT2D eigenvalue weighted by Gasteiger charge is -2.44. The first kappa shape index (κ1) is 18.3. The van der Waals surface area contributed by atoms with Gasteiger partial charge < -0.3 is 19.8 Å². The fourth-order valence-electron chi connectivity index (χ4n) is 3.28. The number of ether oxygens (including phenoxy) is 1. The summed E-state index contributed by atoms with van der Waals surface area (Å²) in [6.07, 6.45) is 5.74. The van der Waals surface area contributed by atoms with Crippen molar-refractivity contribution in [2.45, 2.75) is 18.6 Å². The minimum atomic E-state index is -0.878. The van der Waals surface area contributed by atoms with Gasteiger partial charge in [-0.3, -0.25) is 0 Å². The van der Waals surface area contributed by atoms with Gasteiger partial charge in [-0.05, 0) is 42.0 Å². The fraction of sp³-hybridized carbons (Fsp3) is 0.217. The average molecular weight is 374 g/mol. The predicted octanol–water partition coefficient (Wildman–Crippen LogP) is 3.38. The van der Waals surface area contributed by atoms with Crippen molar-refractivity contribution in [3.63, 3.8) is 0 Å². The number of aliphatic hydroxyl groups is 2. The van der Waals surface area contributed by atoms with Crippen LogP contribution in [0.3, 0.4) is 0 Å². The molecule has 4 rings (SSSR count). The van der Waals surface area contributed by atoms with Gasteiger partial charge in [0.2, 0.25) is 0 Å². The van der Waals surface area contributed by atoms with Gasteiger partial charge in [0.05, 0.1) is 12.6 Å². The molecule has 2 aliphatic rings. The largest absolute Gasteiger partial charge is 0.491 e. The molecule has 1 saturated heterocycles. The van der Waals surface area contributed by atoms with E-state index in [9.17, 15) is 5.11 Å². The van der Waals surface area contributed by atoms with Crippen LogP contribution in [-0.2, 0) is 0 Å². The topological polar surface area (TPSA) is 65.3 Å². The second kappa shape index (κ2) is 8.28. The second-order valence-electron chi connectivity index (χ2n) is 6.73. The highest BCUT2D eigenvalue weighted by atomic mass is 16.5. The van der Waals surface area contributed by atoms with Crippen LogP contribution in [0.15, 0.2) is 89.2 Å². The van der Waals surface area contributed by atoms with E-state index in [-0.39, 0.29) is 19.3 Å². The second-order valence-corrected chi connectivity index (χ2v) is 6.73. The smallest absolute Gasteiger partial charge is 0.119 e. The van der Waals surface area contributed by atoms with Crippen LogP contribution < -0.4 is 9.64 Å². The number of hydrogen-bond donors (Lipinski definition) is 2. The van der Waals surface area contributed by atoms with Crippen molar-refractivity contribution in [3.8, 4) is 5.75 Å². The number of allylic oxidation sites excluding steroid dienone is 2. The molecule has 0 bridgehead atoms. The van der Waals surface area contributed by atoms with E-state index >= 15 is 0 Å². The van der Waals surface area contributed by atoms with Crippen molar-refractivity contribution in [2.24, 2.45) is 4.99 Å². The summed E-state index contributed by atoms with van der Waals surface area (Å²) in [6, 6.07) is 18.3. The number of amidine groups is 1. The molecular formula is C23H22N2O3. The maximum Gasteiger partial charge on any atom is 0.119 e. The van der Waals surface area contributed by atoms with Crippen molar-refractivity contribution in [3.05, 3.63) is 89.8 Å². The van der Waals surface area contributed by atoms with Crippen LogP contribution in [-0.4, -0.2) is 35.4 Å². The maximum atomic E-state index is 9.43. The molecule has 2 N–H and O–H groups in total. The number of aliphatic hydroxyl groups excluding tert-OH is 2. The van der Waals surface area contributed by atoms with Gasteiger partial charge in [-0.2, -0.15) is 0 Å². The highest BCUT2D eigenvalue weighted by molar-refractivity contribution is 6.05. The van der Waals surface area contributed by atoms with Gasteiger partial charge in [-0.25, -0.2) is 4.99 Å². The molecule has 2 atom stereocenters. The highest BCUT2D eigenvalue weighted by Crippen LogP contribution is 2.40. The monoisotopic (exact) mass is 374 g/mol. The lowest BCUT2D eigenvalue weighted by molar-refractivity contribution is 0.0536. The minimum absolute atomic E-state index is 0.0612. The molecule has 0 aromatic heterocycles. The average Bonchev–Trinajstić information content (AvgIpc) is 3.24. The number of hydrogen-bond acceptors (Lipinski definition) is 4. The SMILES string of the molecule is OCC(O)COc1ccc(N2C(=NC3=C=CC=C3)CC2c2ccccc2)cc1. The van der Waals surface area contributed by atoms with E-state index in [0.29, 0.717) is 5.75 Å². The fourth-order valence-corrected chi connectivity index (χ4v) is 3.28. The molecular weight excluding hydrogens is 352 g/mol. The van der Waals surface area contributed by atoms with E-state index < -0.39 is 6.10 Å². The number of benzene rings is 2. The Morgan fingerprint density at radius 3 is 2.61 bits per heavy atom. The van der Waals surface area contributed by atoms with Gasteiger partial charge in [0, 0.05) is 12.1 Å². The molecule has 1 heterocycles. The van der Waals surface area contributed by atoms with Crippen LogP contribution >= 0.6 is 0 Å². The molecule has 0 amide bonds. The molecule has 1 aliphatic carbocycles. The van der Waals surface area contributed by atoms with E-state index in [2.05, 4.69) is 34.9 Å². The van der Waals surface area contributed by atoms with Gasteiger partial charge >= 0.3 is 0 Å². The van der Waals surface area contributed by atoms with Crippen LogP contribution in [0.4, 0.5) is 5.69 Å². The highest BCUT2D eigenvalue weighted by Gasteiger charge is 2.36. The van der Waals surface area contributed by atoms with Gasteiger partial charge in [0.15, 0.2) is 0 Å². The Morgan fingerprint density at radius 2 is 1.93 bits per heavy atom. The first-order chi connectivity index (χ1) is 13.7. The zero-order chi connectivity index (χ0) is 19.3. The zero-order valence-corrected chi connectivity index (χ0v) is 15.4. The molecule has 1 fully saturated rings. The molecule has 0 saturated carbocycles. The quantitative estimate of drug-likeness (QED) is 0.730. The summed E-state index contributed by atoms with van der Waals surface area (Å²) in [7, 11) is 0. The molecule has 5 nitrogen and oxygen atoms in total. The van der Waals surface area contributed by atoms with E-state index in [4.69, 9.17) is 14.8 Å². The summed E-state index contributed by atoms with van der Waals surface area (Å²) in [5.74, 6) is 1.65. The Balaban J connectivity index is 1.57. The predicted molar refractivity (Wildman–Crippen MR) is 109 cm³/mol. The Bertz CT molecular complexity index is 942. The first-order valence-corrected chi connectivity index (χ1v) is 9.31. The summed E-state index contributed by atoms with van der Waals surface area (Å²) in [5.41, 5.74) is 6.24. The Kier molecular flexibility index (Phi) is 5.40. The third kappa shape index (κ3) is 3.92. The van der Waals surface area contributed by atoms with Gasteiger partial charge in [-0.1, -0.05) is 42.1 Å². The molecule has 28 heavy (non-hydrogen) atoms. The summed E-state index contributed by atoms with van der Waals surface area (Å²) < 4.78 is 5.50. The lowest BCUT2D eigenvalue weighted by Crippen LogP contribution is -2.46. The molecule has 2 aromatic carbocycles. The number of aliphatic imine (C=N–C) groups is 1. The molecule has 142 valence electrons. The summed E-state index contributed by atoms with van der Waals surface area (Å²) in [4.78, 5) is 6.97. The molecule has 0 spiro atoms. The standard InChI is InChI=1S/C23H22N2O3/c26-15-20(27)16-28-21-12-10-19(11-13-21)25-22(17-6-2-1-3-7-17)14-23(25)24-18-8-4-5-9-18/h1-8,10-13,20,22,26-27H,14-16H2. The normalized spacial score (nSPS) is 20.2. The Hall–Kier alpha value is -3.11. The van der Waals surface area contributed by atoms with Crippen molar-refractivity contribution < 1.29 is 14.9 Å². The summed E-state index contributed by atoms with van der Waals surface area (Å²) in [5, 5.41) is 18.3. The van der Waals surface area contributed by atoms with Crippen LogP contribution in [0.1, 0.15) is 18.0 Å². The van der Waals surface area contributed by atoms with Crippen LogP contribution in [0, 0.1) is 0 Å². The van der Waals surface area contributed by atoms with Crippen molar-refractivity contribution in [1.29, 1.82) is 0 Å². The zero-order valence-electron chi connectivity index (χ0n) is 15.4. The Labute approximate surface area is 164 Å². The lowest BCUT2D eigenvalue weighted by atomic mass is 9.92. The van der Waals surface area contributed by atoms with Crippen molar-refractivity contribution in [1.82, 2.24) is 0 Å². The van der Waals surface area contributed by atoms with Gasteiger partial charge in [-0.15, -0.1) is 0 Å². The van der Waals surface area contributed by atoms with E-state index in [1.807, 2.05) is 48.6 Å². The minimum Gasteiger partial charge on any atom is -0.491 e. The van der Waals surface area contributed by atoms with Gasteiger partial charge in [0.25, 0.3) is 0 Å². The summed E-state index contributed by atoms with van der Waals surface area (Å²) in [6.45, 7) is -0.255. The van der Waals surface area contributed by atoms with Gasteiger partial charge in [0.1, 0.15) is 30.0 Å². The van der Waals surface area contributed by atoms with E-state index in [0.717, 1.165) is 23.6 Å². The first-order valence-electron chi connectivity index (χ1n) is 9.31. The van der Waals surface area contributed by atoms with Crippen LogP contribution in [0.5, 0.6) is 5.75 Å². The van der Waals surface area contributed by atoms with Crippen LogP contribution in [0.2, 0.25) is 0 Å².